The van der Waals surface area contributed by atoms with E-state index in [2.05, 4.69) is 15.3 Å². The maximum atomic E-state index is 12.3. The molecule has 0 spiro atoms. The molecule has 3 rings (SSSR count). The summed E-state index contributed by atoms with van der Waals surface area (Å²) in [5, 5.41) is 22.0. The highest BCUT2D eigenvalue weighted by molar-refractivity contribution is 6.07. The van der Waals surface area contributed by atoms with Crippen LogP contribution in [0.2, 0.25) is 0 Å². The molecular weight excluding hydrogens is 280 g/mol. The second-order valence-electron chi connectivity index (χ2n) is 4.96. The SMILES string of the molecule is Cc1ccc(O)c(N=NC2C=[NH+]N(c3ccccc3)C2=O)c1. The summed E-state index contributed by atoms with van der Waals surface area (Å²) in [5.41, 5.74) is 2.04. The van der Waals surface area contributed by atoms with Gasteiger partial charge in [-0.25, -0.2) is 0 Å². The molecular formula is C16H15N4O2+. The van der Waals surface area contributed by atoms with Gasteiger partial charge in [-0.1, -0.05) is 29.3 Å². The van der Waals surface area contributed by atoms with E-state index in [4.69, 9.17) is 0 Å². The summed E-state index contributed by atoms with van der Waals surface area (Å²) in [4.78, 5) is 12.3. The van der Waals surface area contributed by atoms with Gasteiger partial charge >= 0.3 is 5.91 Å². The lowest BCUT2D eigenvalue weighted by atomic mass is 10.2. The summed E-state index contributed by atoms with van der Waals surface area (Å²) < 4.78 is 0. The number of phenols is 1. The van der Waals surface area contributed by atoms with Crippen molar-refractivity contribution < 1.29 is 15.0 Å². The third-order valence-corrected chi connectivity index (χ3v) is 3.27. The van der Waals surface area contributed by atoms with Gasteiger partial charge in [0.15, 0.2) is 0 Å². The first kappa shape index (κ1) is 13.9. The van der Waals surface area contributed by atoms with Gasteiger partial charge in [0, 0.05) is 0 Å². The van der Waals surface area contributed by atoms with E-state index in [1.54, 1.807) is 24.4 Å². The number of aryl methyl sites for hydroxylation is 1. The normalized spacial score (nSPS) is 17.6. The summed E-state index contributed by atoms with van der Waals surface area (Å²) >= 11 is 0. The van der Waals surface area contributed by atoms with Gasteiger partial charge in [0.25, 0.3) is 0 Å². The van der Waals surface area contributed by atoms with Gasteiger partial charge in [-0.05, 0) is 36.8 Å². The van der Waals surface area contributed by atoms with E-state index in [1.165, 1.54) is 5.01 Å². The van der Waals surface area contributed by atoms with Crippen LogP contribution in [0.15, 0.2) is 58.8 Å². The number of benzene rings is 2. The van der Waals surface area contributed by atoms with Crippen LogP contribution in [0.4, 0.5) is 11.4 Å². The number of hydrogen-bond acceptors (Lipinski definition) is 4. The topological polar surface area (TPSA) is 79.2 Å². The Morgan fingerprint density at radius 3 is 2.73 bits per heavy atom. The molecule has 1 amide bonds. The Morgan fingerprint density at radius 2 is 1.95 bits per heavy atom. The second-order valence-corrected chi connectivity index (χ2v) is 4.96. The molecule has 1 heterocycles. The zero-order valence-corrected chi connectivity index (χ0v) is 12.0. The Hall–Kier alpha value is -3.02. The minimum absolute atomic E-state index is 0.0349. The molecule has 2 aromatic carbocycles. The zero-order chi connectivity index (χ0) is 15.5. The van der Waals surface area contributed by atoms with E-state index in [-0.39, 0.29) is 11.7 Å². The first-order valence-electron chi connectivity index (χ1n) is 6.84. The third kappa shape index (κ3) is 2.71. The number of para-hydroxylation sites is 1. The molecule has 0 bridgehead atoms. The van der Waals surface area contributed by atoms with E-state index in [0.717, 1.165) is 11.3 Å². The van der Waals surface area contributed by atoms with E-state index in [0.29, 0.717) is 5.69 Å². The summed E-state index contributed by atoms with van der Waals surface area (Å²) in [7, 11) is 0. The van der Waals surface area contributed by atoms with Gasteiger partial charge in [-0.3, -0.25) is 4.79 Å². The van der Waals surface area contributed by atoms with E-state index in [9.17, 15) is 9.90 Å². The molecule has 2 aromatic rings. The third-order valence-electron chi connectivity index (χ3n) is 3.27. The standard InChI is InChI=1S/C16H14N4O2/c1-11-7-8-15(21)13(9-11)18-19-14-10-17-20(16(14)22)12-5-3-2-4-6-12/h2-10,14,21H,1H3/p+1. The number of nitrogens with one attached hydrogen (secondary N) is 1. The van der Waals surface area contributed by atoms with Crippen molar-refractivity contribution >= 4 is 23.5 Å². The lowest BCUT2D eigenvalue weighted by Crippen LogP contribution is -2.79. The maximum absolute atomic E-state index is 12.3. The monoisotopic (exact) mass is 295 g/mol. The van der Waals surface area contributed by atoms with E-state index < -0.39 is 6.04 Å². The average molecular weight is 295 g/mol. The zero-order valence-electron chi connectivity index (χ0n) is 12.0. The highest BCUT2D eigenvalue weighted by Gasteiger charge is 2.35. The molecule has 0 saturated heterocycles. The van der Waals surface area contributed by atoms with Gasteiger partial charge in [-0.15, -0.1) is 5.10 Å². The molecule has 1 aliphatic rings. The van der Waals surface area contributed by atoms with Crippen molar-refractivity contribution in [2.45, 2.75) is 13.0 Å². The fraction of sp³-hybridized carbons (Fsp3) is 0.125. The summed E-state index contributed by atoms with van der Waals surface area (Å²) in [6.07, 6.45) is 1.56. The van der Waals surface area contributed by atoms with Crippen molar-refractivity contribution in [1.82, 2.24) is 0 Å². The Morgan fingerprint density at radius 1 is 1.18 bits per heavy atom. The summed E-state index contributed by atoms with van der Waals surface area (Å²) in [6.45, 7) is 1.89. The quantitative estimate of drug-likeness (QED) is 0.836. The van der Waals surface area contributed by atoms with Crippen molar-refractivity contribution in [3.05, 3.63) is 54.1 Å². The van der Waals surface area contributed by atoms with E-state index >= 15 is 0 Å². The van der Waals surface area contributed by atoms with Crippen LogP contribution in [-0.4, -0.2) is 23.3 Å². The van der Waals surface area contributed by atoms with Crippen LogP contribution in [0.3, 0.4) is 0 Å². The fourth-order valence-electron chi connectivity index (χ4n) is 2.11. The van der Waals surface area contributed by atoms with E-state index in [1.807, 2.05) is 37.3 Å². The van der Waals surface area contributed by atoms with Crippen molar-refractivity contribution in [3.63, 3.8) is 0 Å². The van der Waals surface area contributed by atoms with Crippen molar-refractivity contribution in [2.75, 3.05) is 5.01 Å². The minimum Gasteiger partial charge on any atom is -0.506 e. The van der Waals surface area contributed by atoms with Gasteiger partial charge in [0.2, 0.25) is 12.3 Å². The molecule has 0 fully saturated rings. The molecule has 1 aliphatic heterocycles. The van der Waals surface area contributed by atoms with Crippen LogP contribution in [0, 0.1) is 6.92 Å². The number of phenolic OH excluding ortho intramolecular Hbond substituents is 1. The maximum Gasteiger partial charge on any atom is 0.319 e. The number of rotatable bonds is 3. The minimum atomic E-state index is -0.722. The molecule has 0 aliphatic carbocycles. The fourth-order valence-corrected chi connectivity index (χ4v) is 2.11. The van der Waals surface area contributed by atoms with Crippen LogP contribution in [0.25, 0.3) is 0 Å². The summed E-state index contributed by atoms with van der Waals surface area (Å²) in [6, 6.07) is 13.5. The van der Waals surface area contributed by atoms with Crippen molar-refractivity contribution in [2.24, 2.45) is 10.2 Å². The molecule has 6 nitrogen and oxygen atoms in total. The molecule has 6 heteroatoms. The number of aromatic hydroxyl groups is 1. The highest BCUT2D eigenvalue weighted by atomic mass is 16.3. The Bertz CT molecular complexity index is 756. The van der Waals surface area contributed by atoms with Crippen LogP contribution in [-0.2, 0) is 4.79 Å². The van der Waals surface area contributed by atoms with Gasteiger partial charge in [0.05, 0.1) is 0 Å². The summed E-state index contributed by atoms with van der Waals surface area (Å²) in [5.74, 6) is -0.185. The van der Waals surface area contributed by atoms with Crippen LogP contribution in [0.1, 0.15) is 5.56 Å². The van der Waals surface area contributed by atoms with Crippen LogP contribution >= 0.6 is 0 Å². The predicted molar refractivity (Wildman–Crippen MR) is 82.1 cm³/mol. The Balaban J connectivity index is 1.78. The number of amides is 1. The molecule has 0 radical (unpaired) electrons. The molecule has 22 heavy (non-hydrogen) atoms. The van der Waals surface area contributed by atoms with Gasteiger partial charge < -0.3 is 5.11 Å². The number of hydrazine groups is 1. The number of azo groups is 1. The number of carbonyl (C=O) groups excluding carboxylic acids is 1. The average Bonchev–Trinajstić information content (AvgIpc) is 2.90. The van der Waals surface area contributed by atoms with Gasteiger partial charge in [0.1, 0.15) is 17.1 Å². The second kappa shape index (κ2) is 5.77. The van der Waals surface area contributed by atoms with Crippen LogP contribution < -0.4 is 10.1 Å². The molecule has 110 valence electrons. The molecule has 1 atom stereocenters. The number of nitrogens with zero attached hydrogens (tertiary/aromatic N) is 3. The number of hydrogen-bond donors (Lipinski definition) is 2. The largest absolute Gasteiger partial charge is 0.506 e. The lowest BCUT2D eigenvalue weighted by molar-refractivity contribution is -0.450. The smallest absolute Gasteiger partial charge is 0.319 e. The highest BCUT2D eigenvalue weighted by Crippen LogP contribution is 2.27. The van der Waals surface area contributed by atoms with Crippen LogP contribution in [0.5, 0.6) is 5.75 Å². The lowest BCUT2D eigenvalue weighted by Gasteiger charge is -2.06. The van der Waals surface area contributed by atoms with Crippen molar-refractivity contribution in [3.8, 4) is 5.75 Å². The Kier molecular flexibility index (Phi) is 3.65. The number of carbonyl (C=O) groups is 1. The predicted octanol–water partition coefficient (Wildman–Crippen LogP) is 1.27. The molecule has 0 aromatic heterocycles. The first-order valence-corrected chi connectivity index (χ1v) is 6.84. The molecule has 0 saturated carbocycles. The molecule has 2 N–H and O–H groups in total. The molecule has 1 unspecified atom stereocenters. The Labute approximate surface area is 127 Å². The number of anilines is 1. The van der Waals surface area contributed by atoms with Gasteiger partial charge in [-0.2, -0.15) is 10.2 Å². The van der Waals surface area contributed by atoms with Crippen molar-refractivity contribution in [1.29, 1.82) is 0 Å². The number of hydrazone groups is 1. The first-order chi connectivity index (χ1) is 10.6.